The van der Waals surface area contributed by atoms with Crippen molar-refractivity contribution < 1.29 is 19.4 Å². The Balaban J connectivity index is 2.61. The van der Waals surface area contributed by atoms with Crippen LogP contribution in [0.2, 0.25) is 0 Å². The fraction of sp³-hybridized carbons (Fsp3) is 0.429. The second-order valence-corrected chi connectivity index (χ2v) is 4.60. The molecule has 104 valence electrons. The maximum atomic E-state index is 11.6. The minimum atomic E-state index is -1.08. The van der Waals surface area contributed by atoms with Crippen LogP contribution in [0.15, 0.2) is 24.3 Å². The Morgan fingerprint density at radius 3 is 2.58 bits per heavy atom. The van der Waals surface area contributed by atoms with Crippen LogP contribution < -0.4 is 10.1 Å². The molecule has 0 radical (unpaired) electrons. The predicted molar refractivity (Wildman–Crippen MR) is 71.3 cm³/mol. The lowest BCUT2D eigenvalue weighted by Gasteiger charge is -2.15. The number of rotatable bonds is 6. The van der Waals surface area contributed by atoms with Crippen LogP contribution in [-0.2, 0) is 9.59 Å². The normalized spacial score (nSPS) is 12.0. The third kappa shape index (κ3) is 4.99. The number of hydrogen-bond acceptors (Lipinski definition) is 3. The third-order valence-corrected chi connectivity index (χ3v) is 2.62. The van der Waals surface area contributed by atoms with E-state index in [1.54, 1.807) is 13.0 Å². The van der Waals surface area contributed by atoms with Gasteiger partial charge in [0, 0.05) is 0 Å². The second-order valence-electron chi connectivity index (χ2n) is 4.60. The predicted octanol–water partition coefficient (Wildman–Crippen LogP) is 1.78. The molecule has 0 spiro atoms. The first-order valence-electron chi connectivity index (χ1n) is 6.16. The van der Waals surface area contributed by atoms with E-state index in [4.69, 9.17) is 9.84 Å². The summed E-state index contributed by atoms with van der Waals surface area (Å²) in [6.45, 7) is 5.32. The highest BCUT2D eigenvalue weighted by Crippen LogP contribution is 2.20. The van der Waals surface area contributed by atoms with Crippen LogP contribution in [0.3, 0.4) is 0 Å². The molecular weight excluding hydrogens is 246 g/mol. The maximum Gasteiger partial charge on any atom is 0.322 e. The van der Waals surface area contributed by atoms with E-state index in [1.165, 1.54) is 0 Å². The summed E-state index contributed by atoms with van der Waals surface area (Å²) in [6, 6.07) is 7.51. The van der Waals surface area contributed by atoms with E-state index in [0.29, 0.717) is 11.7 Å². The summed E-state index contributed by atoms with van der Waals surface area (Å²) < 4.78 is 5.49. The molecular formula is C14H19NO4. The number of nitrogens with one attached hydrogen (secondary N) is 1. The van der Waals surface area contributed by atoms with Crippen molar-refractivity contribution >= 4 is 11.9 Å². The number of benzene rings is 1. The van der Waals surface area contributed by atoms with Gasteiger partial charge in [0.2, 0.25) is 0 Å². The fourth-order valence-corrected chi connectivity index (χ4v) is 1.51. The van der Waals surface area contributed by atoms with Crippen molar-refractivity contribution in [3.8, 4) is 5.75 Å². The SMILES string of the molecule is CC(Oc1cccc(C(C)C)c1)C(=O)NCC(=O)O. The molecule has 0 heterocycles. The van der Waals surface area contributed by atoms with E-state index in [0.717, 1.165) is 5.56 Å². The number of hydrogen-bond donors (Lipinski definition) is 2. The summed E-state index contributed by atoms with van der Waals surface area (Å²) in [5, 5.41) is 10.8. The van der Waals surface area contributed by atoms with Crippen LogP contribution in [0.25, 0.3) is 0 Å². The summed E-state index contributed by atoms with van der Waals surface area (Å²) in [6.07, 6.45) is -0.734. The Labute approximate surface area is 112 Å². The molecule has 2 N–H and O–H groups in total. The molecule has 0 saturated heterocycles. The summed E-state index contributed by atoms with van der Waals surface area (Å²) in [5.74, 6) is -0.552. The summed E-state index contributed by atoms with van der Waals surface area (Å²) in [5.41, 5.74) is 1.12. The van der Waals surface area contributed by atoms with Crippen molar-refractivity contribution in [1.29, 1.82) is 0 Å². The first kappa shape index (κ1) is 15.0. The second kappa shape index (κ2) is 6.78. The molecule has 19 heavy (non-hydrogen) atoms. The monoisotopic (exact) mass is 265 g/mol. The molecule has 1 rings (SSSR count). The van der Waals surface area contributed by atoms with Gasteiger partial charge in [-0.25, -0.2) is 0 Å². The molecule has 1 amide bonds. The van der Waals surface area contributed by atoms with Gasteiger partial charge in [-0.3, -0.25) is 9.59 Å². The minimum absolute atomic E-state index is 0.375. The third-order valence-electron chi connectivity index (χ3n) is 2.62. The van der Waals surface area contributed by atoms with Gasteiger partial charge in [0.05, 0.1) is 0 Å². The summed E-state index contributed by atoms with van der Waals surface area (Å²) in [4.78, 5) is 21.9. The molecule has 0 fully saturated rings. The van der Waals surface area contributed by atoms with Gasteiger partial charge >= 0.3 is 5.97 Å². The highest BCUT2D eigenvalue weighted by molar-refractivity contribution is 5.84. The zero-order chi connectivity index (χ0) is 14.4. The average Bonchev–Trinajstić information content (AvgIpc) is 2.36. The van der Waals surface area contributed by atoms with E-state index in [1.807, 2.05) is 18.2 Å². The van der Waals surface area contributed by atoms with Crippen LogP contribution in [-0.4, -0.2) is 29.6 Å². The van der Waals surface area contributed by atoms with Crippen molar-refractivity contribution in [2.24, 2.45) is 0 Å². The molecule has 0 aliphatic heterocycles. The first-order chi connectivity index (χ1) is 8.90. The van der Waals surface area contributed by atoms with Gasteiger partial charge in [0.25, 0.3) is 5.91 Å². The summed E-state index contributed by atoms with van der Waals surface area (Å²) >= 11 is 0. The lowest BCUT2D eigenvalue weighted by atomic mass is 10.0. The topological polar surface area (TPSA) is 75.6 Å². The zero-order valence-electron chi connectivity index (χ0n) is 11.3. The maximum absolute atomic E-state index is 11.6. The van der Waals surface area contributed by atoms with Gasteiger partial charge in [-0.15, -0.1) is 0 Å². The van der Waals surface area contributed by atoms with Crippen LogP contribution in [0.5, 0.6) is 5.75 Å². The highest BCUT2D eigenvalue weighted by Gasteiger charge is 2.15. The molecule has 1 atom stereocenters. The lowest BCUT2D eigenvalue weighted by Crippen LogP contribution is -2.39. The molecule has 0 bridgehead atoms. The Morgan fingerprint density at radius 1 is 1.32 bits per heavy atom. The molecule has 1 aromatic rings. The Hall–Kier alpha value is -2.04. The van der Waals surface area contributed by atoms with Crippen LogP contribution in [0.4, 0.5) is 0 Å². The van der Waals surface area contributed by atoms with E-state index in [2.05, 4.69) is 19.2 Å². The molecule has 1 aromatic carbocycles. The smallest absolute Gasteiger partial charge is 0.322 e. The van der Waals surface area contributed by atoms with E-state index < -0.39 is 24.5 Å². The minimum Gasteiger partial charge on any atom is -0.481 e. The van der Waals surface area contributed by atoms with Gasteiger partial charge in [-0.05, 0) is 30.5 Å². The van der Waals surface area contributed by atoms with Crippen LogP contribution in [0, 0.1) is 0 Å². The number of aliphatic carboxylic acids is 1. The zero-order valence-corrected chi connectivity index (χ0v) is 11.3. The van der Waals surface area contributed by atoms with Crippen molar-refractivity contribution in [1.82, 2.24) is 5.32 Å². The van der Waals surface area contributed by atoms with Crippen LogP contribution in [0.1, 0.15) is 32.3 Å². The molecule has 0 aliphatic carbocycles. The van der Waals surface area contributed by atoms with Crippen molar-refractivity contribution in [2.75, 3.05) is 6.54 Å². The van der Waals surface area contributed by atoms with Crippen LogP contribution >= 0.6 is 0 Å². The van der Waals surface area contributed by atoms with Gasteiger partial charge in [0.1, 0.15) is 12.3 Å². The van der Waals surface area contributed by atoms with Gasteiger partial charge < -0.3 is 15.2 Å². The lowest BCUT2D eigenvalue weighted by molar-refractivity contribution is -0.139. The first-order valence-corrected chi connectivity index (χ1v) is 6.16. The van der Waals surface area contributed by atoms with Gasteiger partial charge in [0.15, 0.2) is 6.10 Å². The van der Waals surface area contributed by atoms with Crippen molar-refractivity contribution in [3.05, 3.63) is 29.8 Å². The fourth-order valence-electron chi connectivity index (χ4n) is 1.51. The number of ether oxygens (including phenoxy) is 1. The van der Waals surface area contributed by atoms with Gasteiger partial charge in [-0.2, -0.15) is 0 Å². The number of carbonyl (C=O) groups excluding carboxylic acids is 1. The van der Waals surface area contributed by atoms with Crippen molar-refractivity contribution in [2.45, 2.75) is 32.8 Å². The van der Waals surface area contributed by atoms with Gasteiger partial charge in [-0.1, -0.05) is 26.0 Å². The molecule has 0 saturated carbocycles. The molecule has 0 aliphatic rings. The quantitative estimate of drug-likeness (QED) is 0.822. The molecule has 5 heteroatoms. The van der Waals surface area contributed by atoms with E-state index in [9.17, 15) is 9.59 Å². The molecule has 5 nitrogen and oxygen atoms in total. The average molecular weight is 265 g/mol. The standard InChI is InChI=1S/C14H19NO4/c1-9(2)11-5-4-6-12(7-11)19-10(3)14(18)15-8-13(16)17/h4-7,9-10H,8H2,1-3H3,(H,15,18)(H,16,17). The Morgan fingerprint density at radius 2 is 2.00 bits per heavy atom. The number of carboxylic acids is 1. The highest BCUT2D eigenvalue weighted by atomic mass is 16.5. The van der Waals surface area contributed by atoms with E-state index >= 15 is 0 Å². The molecule has 1 unspecified atom stereocenters. The van der Waals surface area contributed by atoms with Crippen molar-refractivity contribution in [3.63, 3.8) is 0 Å². The summed E-state index contributed by atoms with van der Waals surface area (Å²) in [7, 11) is 0. The largest absolute Gasteiger partial charge is 0.481 e. The Bertz CT molecular complexity index is 457. The number of amides is 1. The number of carbonyl (C=O) groups is 2. The number of carboxylic acid groups (broad SMARTS) is 1. The molecule has 0 aromatic heterocycles. The van der Waals surface area contributed by atoms with E-state index in [-0.39, 0.29) is 0 Å². The Kier molecular flexibility index (Phi) is 5.36.